The monoisotopic (exact) mass is 353 g/mol. The van der Waals surface area contributed by atoms with Crippen LogP contribution in [0.1, 0.15) is 25.8 Å². The quantitative estimate of drug-likeness (QED) is 0.845. The topological polar surface area (TPSA) is 18.5 Å². The summed E-state index contributed by atoms with van der Waals surface area (Å²) in [4.78, 5) is 4.87. The average molecular weight is 354 g/mol. The van der Waals surface area contributed by atoms with Crippen molar-refractivity contribution in [3.8, 4) is 0 Å². The molecule has 1 heterocycles. The van der Waals surface area contributed by atoms with Crippen molar-refractivity contribution in [2.45, 2.75) is 32.9 Å². The van der Waals surface area contributed by atoms with Gasteiger partial charge < -0.3 is 15.1 Å². The van der Waals surface area contributed by atoms with Crippen LogP contribution in [0.5, 0.6) is 0 Å². The normalized spacial score (nSPS) is 19.0. The molecule has 0 bridgehead atoms. The van der Waals surface area contributed by atoms with Gasteiger partial charge in [0.05, 0.1) is 0 Å². The third-order valence-corrected chi connectivity index (χ3v) is 4.64. The van der Waals surface area contributed by atoms with Gasteiger partial charge in [0.2, 0.25) is 0 Å². The van der Waals surface area contributed by atoms with Gasteiger partial charge in [0.15, 0.2) is 0 Å². The molecule has 1 fully saturated rings. The van der Waals surface area contributed by atoms with Gasteiger partial charge in [-0.25, -0.2) is 0 Å². The Morgan fingerprint density at radius 2 is 2.14 bits per heavy atom. The summed E-state index contributed by atoms with van der Waals surface area (Å²) >= 11 is 3.61. The number of benzene rings is 1. The number of likely N-dealkylation sites (N-methyl/N-ethyl adjacent to an activating group) is 1. The van der Waals surface area contributed by atoms with Crippen molar-refractivity contribution >= 4 is 21.6 Å². The summed E-state index contributed by atoms with van der Waals surface area (Å²) in [5.41, 5.74) is 2.78. The lowest BCUT2D eigenvalue weighted by Gasteiger charge is -2.24. The molecule has 2 rings (SSSR count). The molecule has 0 amide bonds. The summed E-state index contributed by atoms with van der Waals surface area (Å²) < 4.78 is 1.16. The molecular formula is C17H28BrN3. The molecule has 1 unspecified atom stereocenters. The second kappa shape index (κ2) is 7.61. The van der Waals surface area contributed by atoms with E-state index >= 15 is 0 Å². The van der Waals surface area contributed by atoms with Crippen LogP contribution in [0.15, 0.2) is 22.7 Å². The summed E-state index contributed by atoms with van der Waals surface area (Å²) in [7, 11) is 4.36. The van der Waals surface area contributed by atoms with Crippen molar-refractivity contribution < 1.29 is 0 Å². The van der Waals surface area contributed by atoms with E-state index in [4.69, 9.17) is 0 Å². The Morgan fingerprint density at radius 1 is 1.38 bits per heavy atom. The van der Waals surface area contributed by atoms with Crippen molar-refractivity contribution in [1.29, 1.82) is 0 Å². The highest BCUT2D eigenvalue weighted by Crippen LogP contribution is 2.28. The SMILES string of the molecule is CC(C)CNCc1cc(Br)ccc1N1CCC(N(C)C)C1. The van der Waals surface area contributed by atoms with Gasteiger partial charge in [0.1, 0.15) is 0 Å². The number of hydrogen-bond donors (Lipinski definition) is 1. The Labute approximate surface area is 137 Å². The Balaban J connectivity index is 2.08. The molecule has 0 aromatic heterocycles. The average Bonchev–Trinajstić information content (AvgIpc) is 2.88. The van der Waals surface area contributed by atoms with E-state index in [1.807, 2.05) is 0 Å². The molecule has 0 spiro atoms. The van der Waals surface area contributed by atoms with Gasteiger partial charge >= 0.3 is 0 Å². The van der Waals surface area contributed by atoms with E-state index in [0.717, 1.165) is 30.7 Å². The van der Waals surface area contributed by atoms with E-state index in [9.17, 15) is 0 Å². The van der Waals surface area contributed by atoms with E-state index in [1.54, 1.807) is 0 Å². The zero-order valence-electron chi connectivity index (χ0n) is 13.7. The van der Waals surface area contributed by atoms with E-state index in [0.29, 0.717) is 12.0 Å². The van der Waals surface area contributed by atoms with Crippen LogP contribution in [0.3, 0.4) is 0 Å². The summed E-state index contributed by atoms with van der Waals surface area (Å²) in [6.45, 7) is 8.78. The first kappa shape index (κ1) is 16.8. The van der Waals surface area contributed by atoms with Gasteiger partial charge in [-0.15, -0.1) is 0 Å². The predicted octanol–water partition coefficient (Wildman–Crippen LogP) is 3.34. The first-order chi connectivity index (χ1) is 9.97. The van der Waals surface area contributed by atoms with Crippen molar-refractivity contribution in [3.05, 3.63) is 28.2 Å². The fourth-order valence-electron chi connectivity index (χ4n) is 2.88. The molecule has 1 atom stereocenters. The summed E-state index contributed by atoms with van der Waals surface area (Å²) in [6.07, 6.45) is 1.25. The van der Waals surface area contributed by atoms with E-state index < -0.39 is 0 Å². The molecule has 3 nitrogen and oxygen atoms in total. The molecule has 0 saturated carbocycles. The molecule has 0 aliphatic carbocycles. The lowest BCUT2D eigenvalue weighted by atomic mass is 10.1. The Morgan fingerprint density at radius 3 is 2.76 bits per heavy atom. The van der Waals surface area contributed by atoms with Crippen LogP contribution in [0.4, 0.5) is 5.69 Å². The summed E-state index contributed by atoms with van der Waals surface area (Å²) in [5, 5.41) is 3.57. The van der Waals surface area contributed by atoms with E-state index in [-0.39, 0.29) is 0 Å². The van der Waals surface area contributed by atoms with Gasteiger partial charge in [-0.05, 0) is 56.7 Å². The number of halogens is 1. The maximum absolute atomic E-state index is 3.61. The van der Waals surface area contributed by atoms with Crippen molar-refractivity contribution in [3.63, 3.8) is 0 Å². The van der Waals surface area contributed by atoms with Crippen LogP contribution in [-0.2, 0) is 6.54 Å². The molecule has 1 aromatic rings. The maximum atomic E-state index is 3.61. The van der Waals surface area contributed by atoms with Crippen LogP contribution in [0.2, 0.25) is 0 Å². The van der Waals surface area contributed by atoms with Crippen LogP contribution in [0, 0.1) is 5.92 Å². The third-order valence-electron chi connectivity index (χ3n) is 4.14. The number of nitrogens with one attached hydrogen (secondary N) is 1. The fraction of sp³-hybridized carbons (Fsp3) is 0.647. The minimum atomic E-state index is 0.671. The first-order valence-corrected chi connectivity index (χ1v) is 8.67. The van der Waals surface area contributed by atoms with Gasteiger partial charge in [0, 0.05) is 35.8 Å². The van der Waals surface area contributed by atoms with Gasteiger partial charge in [0.25, 0.3) is 0 Å². The largest absolute Gasteiger partial charge is 0.370 e. The molecule has 1 aromatic carbocycles. The first-order valence-electron chi connectivity index (χ1n) is 7.88. The van der Waals surface area contributed by atoms with Gasteiger partial charge in [-0.3, -0.25) is 0 Å². The molecular weight excluding hydrogens is 326 g/mol. The minimum Gasteiger partial charge on any atom is -0.370 e. The molecule has 1 aliphatic heterocycles. The number of anilines is 1. The predicted molar refractivity (Wildman–Crippen MR) is 95.0 cm³/mol. The fourth-order valence-corrected chi connectivity index (χ4v) is 3.29. The molecule has 1 saturated heterocycles. The molecule has 4 heteroatoms. The van der Waals surface area contributed by atoms with Crippen LogP contribution in [-0.4, -0.2) is 44.7 Å². The summed E-state index contributed by atoms with van der Waals surface area (Å²) in [6, 6.07) is 7.34. The van der Waals surface area contributed by atoms with Gasteiger partial charge in [-0.2, -0.15) is 0 Å². The van der Waals surface area contributed by atoms with Crippen LogP contribution in [0.25, 0.3) is 0 Å². The van der Waals surface area contributed by atoms with E-state index in [1.165, 1.54) is 17.7 Å². The molecule has 0 radical (unpaired) electrons. The Bertz CT molecular complexity index is 459. The number of nitrogens with zero attached hydrogens (tertiary/aromatic N) is 2. The van der Waals surface area contributed by atoms with Crippen molar-refractivity contribution in [1.82, 2.24) is 10.2 Å². The van der Waals surface area contributed by atoms with E-state index in [2.05, 4.69) is 77.2 Å². The summed E-state index contributed by atoms with van der Waals surface area (Å²) in [5.74, 6) is 0.686. The molecule has 1 aliphatic rings. The highest BCUT2D eigenvalue weighted by Gasteiger charge is 2.25. The number of hydrogen-bond acceptors (Lipinski definition) is 3. The second-order valence-corrected chi connectivity index (χ2v) is 7.57. The molecule has 1 N–H and O–H groups in total. The second-order valence-electron chi connectivity index (χ2n) is 6.65. The van der Waals surface area contributed by atoms with Crippen LogP contribution >= 0.6 is 15.9 Å². The third kappa shape index (κ3) is 4.70. The van der Waals surface area contributed by atoms with Crippen LogP contribution < -0.4 is 10.2 Å². The lowest BCUT2D eigenvalue weighted by molar-refractivity contribution is 0.315. The zero-order valence-corrected chi connectivity index (χ0v) is 15.3. The highest BCUT2D eigenvalue weighted by atomic mass is 79.9. The zero-order chi connectivity index (χ0) is 15.4. The highest BCUT2D eigenvalue weighted by molar-refractivity contribution is 9.10. The maximum Gasteiger partial charge on any atom is 0.0413 e. The number of rotatable bonds is 6. The molecule has 21 heavy (non-hydrogen) atoms. The van der Waals surface area contributed by atoms with Crippen molar-refractivity contribution in [2.75, 3.05) is 38.6 Å². The van der Waals surface area contributed by atoms with Crippen molar-refractivity contribution in [2.24, 2.45) is 5.92 Å². The minimum absolute atomic E-state index is 0.671. The smallest absolute Gasteiger partial charge is 0.0413 e. The Hall–Kier alpha value is -0.580. The standard InChI is InChI=1S/C17H28BrN3/c1-13(2)10-19-11-14-9-15(18)5-6-17(14)21-8-7-16(12-21)20(3)4/h5-6,9,13,16,19H,7-8,10-12H2,1-4H3. The molecule has 118 valence electrons. The van der Waals surface area contributed by atoms with Gasteiger partial charge in [-0.1, -0.05) is 29.8 Å². The lowest BCUT2D eigenvalue weighted by Crippen LogP contribution is -2.32. The Kier molecular flexibility index (Phi) is 6.08.